The Balaban J connectivity index is 2.44. The molecule has 0 radical (unpaired) electrons. The number of fused-ring (bicyclic) bond motifs is 1. The zero-order chi connectivity index (χ0) is 13.3. The number of rotatable bonds is 2. The van der Waals surface area contributed by atoms with Gasteiger partial charge in [-0.25, -0.2) is 0 Å². The summed E-state index contributed by atoms with van der Waals surface area (Å²) in [5.41, 5.74) is 3.09. The van der Waals surface area contributed by atoms with Gasteiger partial charge in [-0.15, -0.1) is 0 Å². The summed E-state index contributed by atoms with van der Waals surface area (Å²) in [5.74, 6) is 0. The van der Waals surface area contributed by atoms with Crippen molar-refractivity contribution < 1.29 is 5.11 Å². The van der Waals surface area contributed by atoms with E-state index in [2.05, 4.69) is 37.9 Å². The molecule has 1 atom stereocenters. The summed E-state index contributed by atoms with van der Waals surface area (Å²) in [7, 11) is 0. The lowest BCUT2D eigenvalue weighted by molar-refractivity contribution is 0.0638. The fraction of sp³-hybridized carbons (Fsp3) is 0.438. The quantitative estimate of drug-likeness (QED) is 0.875. The van der Waals surface area contributed by atoms with Crippen LogP contribution in [-0.4, -0.2) is 16.2 Å². The van der Waals surface area contributed by atoms with Crippen molar-refractivity contribution in [2.24, 2.45) is 5.41 Å². The highest BCUT2D eigenvalue weighted by molar-refractivity contribution is 5.82. The Bertz CT molecular complexity index is 555. The van der Waals surface area contributed by atoms with Gasteiger partial charge in [-0.1, -0.05) is 39.0 Å². The number of aliphatic hydroxyl groups is 1. The Morgan fingerprint density at radius 2 is 1.89 bits per heavy atom. The van der Waals surface area contributed by atoms with E-state index in [1.54, 1.807) is 0 Å². The van der Waals surface area contributed by atoms with Gasteiger partial charge in [-0.05, 0) is 36.5 Å². The Kier molecular flexibility index (Phi) is 3.40. The van der Waals surface area contributed by atoms with Crippen molar-refractivity contribution >= 4 is 10.9 Å². The zero-order valence-electron chi connectivity index (χ0n) is 11.6. The fourth-order valence-electron chi connectivity index (χ4n) is 2.08. The minimum Gasteiger partial charge on any atom is -0.392 e. The molecule has 2 aromatic rings. The molecule has 1 heterocycles. The molecule has 0 saturated carbocycles. The van der Waals surface area contributed by atoms with Crippen LogP contribution in [0.4, 0.5) is 0 Å². The summed E-state index contributed by atoms with van der Waals surface area (Å²) in [6, 6.07) is 10.2. The predicted molar refractivity (Wildman–Crippen MR) is 75.6 cm³/mol. The summed E-state index contributed by atoms with van der Waals surface area (Å²) in [4.78, 5) is 4.52. The number of hydrogen-bond donors (Lipinski definition) is 1. The zero-order valence-corrected chi connectivity index (χ0v) is 11.6. The molecule has 0 saturated heterocycles. The van der Waals surface area contributed by atoms with Crippen LogP contribution < -0.4 is 0 Å². The first-order valence-electron chi connectivity index (χ1n) is 6.41. The maximum Gasteiger partial charge on any atom is 0.0707 e. The number of para-hydroxylation sites is 1. The summed E-state index contributed by atoms with van der Waals surface area (Å²) in [6.45, 7) is 8.19. The van der Waals surface area contributed by atoms with Crippen molar-refractivity contribution in [3.8, 4) is 0 Å². The van der Waals surface area contributed by atoms with Crippen LogP contribution in [0.1, 0.15) is 32.0 Å². The number of pyridine rings is 1. The Hall–Kier alpha value is -1.41. The number of aryl methyl sites for hydroxylation is 1. The minimum atomic E-state index is -0.345. The molecule has 1 N–H and O–H groups in total. The maximum atomic E-state index is 10.3. The highest BCUT2D eigenvalue weighted by atomic mass is 16.3. The summed E-state index contributed by atoms with van der Waals surface area (Å²) in [5, 5.41) is 11.4. The third kappa shape index (κ3) is 2.70. The smallest absolute Gasteiger partial charge is 0.0707 e. The molecule has 0 spiro atoms. The second-order valence-electron chi connectivity index (χ2n) is 6.03. The molecule has 0 fully saturated rings. The lowest BCUT2D eigenvalue weighted by Gasteiger charge is -2.26. The summed E-state index contributed by atoms with van der Waals surface area (Å²) >= 11 is 0. The lowest BCUT2D eigenvalue weighted by atomic mass is 9.85. The average Bonchev–Trinajstić information content (AvgIpc) is 2.27. The summed E-state index contributed by atoms with van der Waals surface area (Å²) < 4.78 is 0. The number of nitrogens with zero attached hydrogens (tertiary/aromatic N) is 1. The number of benzene rings is 1. The fourth-order valence-corrected chi connectivity index (χ4v) is 2.08. The van der Waals surface area contributed by atoms with Crippen LogP contribution in [0.2, 0.25) is 0 Å². The van der Waals surface area contributed by atoms with Gasteiger partial charge >= 0.3 is 0 Å². The van der Waals surface area contributed by atoms with Gasteiger partial charge in [-0.2, -0.15) is 0 Å². The predicted octanol–water partition coefficient (Wildman–Crippen LogP) is 3.49. The Labute approximate surface area is 109 Å². The van der Waals surface area contributed by atoms with E-state index >= 15 is 0 Å². The molecular formula is C16H21NO. The van der Waals surface area contributed by atoms with Crippen LogP contribution in [0.3, 0.4) is 0 Å². The van der Waals surface area contributed by atoms with E-state index < -0.39 is 0 Å². The lowest BCUT2D eigenvalue weighted by Crippen LogP contribution is -2.28. The van der Waals surface area contributed by atoms with E-state index in [9.17, 15) is 5.11 Å². The molecule has 2 nitrogen and oxygen atoms in total. The molecule has 2 heteroatoms. The van der Waals surface area contributed by atoms with Crippen molar-refractivity contribution in [2.75, 3.05) is 0 Å². The highest BCUT2D eigenvalue weighted by Crippen LogP contribution is 2.26. The molecule has 1 unspecified atom stereocenters. The van der Waals surface area contributed by atoms with Crippen LogP contribution in [0, 0.1) is 12.3 Å². The van der Waals surface area contributed by atoms with Crippen LogP contribution in [0.5, 0.6) is 0 Å². The van der Waals surface area contributed by atoms with Crippen molar-refractivity contribution in [1.82, 2.24) is 4.98 Å². The van der Waals surface area contributed by atoms with E-state index in [0.717, 1.165) is 16.6 Å². The van der Waals surface area contributed by atoms with Crippen LogP contribution in [0.15, 0.2) is 30.3 Å². The largest absolute Gasteiger partial charge is 0.392 e. The Morgan fingerprint density at radius 1 is 1.22 bits per heavy atom. The molecular weight excluding hydrogens is 222 g/mol. The second kappa shape index (κ2) is 4.69. The molecule has 18 heavy (non-hydrogen) atoms. The third-order valence-corrected chi connectivity index (χ3v) is 3.34. The van der Waals surface area contributed by atoms with Gasteiger partial charge in [0.1, 0.15) is 0 Å². The third-order valence-electron chi connectivity index (χ3n) is 3.34. The van der Waals surface area contributed by atoms with Gasteiger partial charge in [0.2, 0.25) is 0 Å². The SMILES string of the molecule is Cc1cc(CC(O)C(C)(C)C)c2ccccc2n1. The average molecular weight is 243 g/mol. The van der Waals surface area contributed by atoms with Crippen LogP contribution in [-0.2, 0) is 6.42 Å². The maximum absolute atomic E-state index is 10.3. The number of aliphatic hydroxyl groups excluding tert-OH is 1. The topological polar surface area (TPSA) is 33.1 Å². The van der Waals surface area contributed by atoms with E-state index in [0.29, 0.717) is 6.42 Å². The van der Waals surface area contributed by atoms with Crippen molar-refractivity contribution in [3.63, 3.8) is 0 Å². The van der Waals surface area contributed by atoms with Crippen LogP contribution in [0.25, 0.3) is 10.9 Å². The molecule has 1 aromatic heterocycles. The van der Waals surface area contributed by atoms with Gasteiger partial charge in [0.05, 0.1) is 11.6 Å². The first kappa shape index (κ1) is 13.0. The van der Waals surface area contributed by atoms with Crippen molar-refractivity contribution in [2.45, 2.75) is 40.2 Å². The van der Waals surface area contributed by atoms with E-state index in [4.69, 9.17) is 0 Å². The van der Waals surface area contributed by atoms with E-state index in [1.165, 1.54) is 5.56 Å². The van der Waals surface area contributed by atoms with Gasteiger partial charge < -0.3 is 5.11 Å². The standard InChI is InChI=1S/C16H21NO/c1-11-9-12(10-15(18)16(2,3)4)13-7-5-6-8-14(13)17-11/h5-9,15,18H,10H2,1-4H3. The molecule has 2 rings (SSSR count). The van der Waals surface area contributed by atoms with Gasteiger partial charge in [-0.3, -0.25) is 4.98 Å². The molecule has 1 aromatic carbocycles. The van der Waals surface area contributed by atoms with Gasteiger partial charge in [0.15, 0.2) is 0 Å². The first-order chi connectivity index (χ1) is 8.38. The van der Waals surface area contributed by atoms with E-state index in [1.807, 2.05) is 25.1 Å². The number of hydrogen-bond acceptors (Lipinski definition) is 2. The Morgan fingerprint density at radius 3 is 2.56 bits per heavy atom. The monoisotopic (exact) mass is 243 g/mol. The van der Waals surface area contributed by atoms with E-state index in [-0.39, 0.29) is 11.5 Å². The molecule has 0 aliphatic carbocycles. The highest BCUT2D eigenvalue weighted by Gasteiger charge is 2.23. The molecule has 0 aliphatic rings. The molecule has 96 valence electrons. The number of aromatic nitrogens is 1. The van der Waals surface area contributed by atoms with Gasteiger partial charge in [0, 0.05) is 11.1 Å². The normalized spacial score (nSPS) is 13.8. The molecule has 0 amide bonds. The summed E-state index contributed by atoms with van der Waals surface area (Å²) in [6.07, 6.45) is 0.329. The van der Waals surface area contributed by atoms with Gasteiger partial charge in [0.25, 0.3) is 0 Å². The van der Waals surface area contributed by atoms with Crippen molar-refractivity contribution in [3.05, 3.63) is 41.6 Å². The minimum absolute atomic E-state index is 0.0989. The van der Waals surface area contributed by atoms with Crippen LogP contribution >= 0.6 is 0 Å². The molecule has 0 aliphatic heterocycles. The first-order valence-corrected chi connectivity index (χ1v) is 6.41. The molecule has 0 bridgehead atoms. The van der Waals surface area contributed by atoms with Crippen molar-refractivity contribution in [1.29, 1.82) is 0 Å². The second-order valence-corrected chi connectivity index (χ2v) is 6.03.